The normalized spacial score (nSPS) is 14.2. The fourth-order valence-electron chi connectivity index (χ4n) is 3.01. The number of nitrogens with zero attached hydrogens (tertiary/aromatic N) is 1. The van der Waals surface area contributed by atoms with Crippen LogP contribution in [0.15, 0.2) is 41.4 Å². The first kappa shape index (κ1) is 20.6. The summed E-state index contributed by atoms with van der Waals surface area (Å²) in [6.45, 7) is 9.08. The average Bonchev–Trinajstić information content (AvgIpc) is 2.63. The van der Waals surface area contributed by atoms with Gasteiger partial charge in [-0.2, -0.15) is 0 Å². The first-order valence-electron chi connectivity index (χ1n) is 8.97. The molecule has 26 heavy (non-hydrogen) atoms. The molecule has 2 atom stereocenters. The van der Waals surface area contributed by atoms with Crippen LogP contribution in [0.4, 0.5) is 0 Å². The molecule has 2 rings (SSSR count). The Bertz CT molecular complexity index is 773. The van der Waals surface area contributed by atoms with E-state index in [0.717, 1.165) is 12.2 Å². The monoisotopic (exact) mass is 371 g/mol. The number of methoxy groups -OCH3 is 1. The zero-order valence-corrected chi connectivity index (χ0v) is 17.7. The van der Waals surface area contributed by atoms with Gasteiger partial charge in [0, 0.05) is 31.1 Å². The maximum Gasteiger partial charge on any atom is 0.188 e. The zero-order valence-electron chi connectivity index (χ0n) is 16.7. The van der Waals surface area contributed by atoms with Gasteiger partial charge in [0.25, 0.3) is 0 Å². The number of aliphatic imine (C=N–C) groups is 1. The third-order valence-electron chi connectivity index (χ3n) is 4.65. The lowest BCUT2D eigenvalue weighted by Crippen LogP contribution is -2.21. The second-order valence-electron chi connectivity index (χ2n) is 6.84. The standard InChI is InChI=1S/C22H30NO2P/c1-7-22(4,19-13-17(3)8-10-20(19)25-15-24-6)26-21-11-9-16(2)12-18(21)14-23-5/h8-14,26H,7,15H2,1-6H3/b23-14+. The van der Waals surface area contributed by atoms with E-state index >= 15 is 0 Å². The number of aryl methyl sites for hydroxylation is 2. The Morgan fingerprint density at radius 2 is 1.81 bits per heavy atom. The summed E-state index contributed by atoms with van der Waals surface area (Å²) in [5, 5.41) is 1.32. The molecule has 0 aliphatic heterocycles. The lowest BCUT2D eigenvalue weighted by molar-refractivity contribution is 0.0500. The minimum atomic E-state index is -0.0132. The van der Waals surface area contributed by atoms with E-state index in [4.69, 9.17) is 9.47 Å². The van der Waals surface area contributed by atoms with Crippen LogP contribution in [-0.2, 0) is 9.89 Å². The largest absolute Gasteiger partial charge is 0.467 e. The maximum atomic E-state index is 5.88. The van der Waals surface area contributed by atoms with Gasteiger partial charge in [-0.1, -0.05) is 57.8 Å². The van der Waals surface area contributed by atoms with Gasteiger partial charge in [-0.25, -0.2) is 0 Å². The molecule has 0 aromatic heterocycles. The van der Waals surface area contributed by atoms with Gasteiger partial charge in [-0.3, -0.25) is 4.99 Å². The molecule has 3 nitrogen and oxygen atoms in total. The SMILES string of the molecule is CCC(C)(Pc1ccc(C)cc1/C=N/C)c1cc(C)ccc1OCOC. The van der Waals surface area contributed by atoms with Crippen molar-refractivity contribution in [3.8, 4) is 5.75 Å². The lowest BCUT2D eigenvalue weighted by Gasteiger charge is -2.32. The van der Waals surface area contributed by atoms with Crippen molar-refractivity contribution in [1.82, 2.24) is 0 Å². The quantitative estimate of drug-likeness (QED) is 0.373. The van der Waals surface area contributed by atoms with Crippen molar-refractivity contribution in [2.45, 2.75) is 39.3 Å². The fraction of sp³-hybridized carbons (Fsp3) is 0.409. The molecule has 2 aromatic rings. The van der Waals surface area contributed by atoms with Crippen LogP contribution in [-0.4, -0.2) is 27.2 Å². The highest BCUT2D eigenvalue weighted by Crippen LogP contribution is 2.47. The summed E-state index contributed by atoms with van der Waals surface area (Å²) in [7, 11) is 4.09. The van der Waals surface area contributed by atoms with Crippen LogP contribution in [0.2, 0.25) is 0 Å². The van der Waals surface area contributed by atoms with Crippen molar-refractivity contribution in [3.05, 3.63) is 58.7 Å². The van der Waals surface area contributed by atoms with Gasteiger partial charge in [0.05, 0.1) is 0 Å². The molecule has 0 spiro atoms. The predicted octanol–water partition coefficient (Wildman–Crippen LogP) is 4.96. The summed E-state index contributed by atoms with van der Waals surface area (Å²) < 4.78 is 11.0. The van der Waals surface area contributed by atoms with Gasteiger partial charge in [0.1, 0.15) is 5.75 Å². The summed E-state index contributed by atoms with van der Waals surface area (Å²) in [6, 6.07) is 13.0. The lowest BCUT2D eigenvalue weighted by atomic mass is 9.95. The Morgan fingerprint density at radius 3 is 2.46 bits per heavy atom. The first-order valence-corrected chi connectivity index (χ1v) is 9.97. The average molecular weight is 371 g/mol. The Kier molecular flexibility index (Phi) is 7.37. The Balaban J connectivity index is 2.48. The van der Waals surface area contributed by atoms with Crippen LogP contribution < -0.4 is 10.0 Å². The van der Waals surface area contributed by atoms with Crippen LogP contribution in [0, 0.1) is 13.8 Å². The molecule has 0 aliphatic carbocycles. The number of rotatable bonds is 8. The molecule has 0 saturated carbocycles. The summed E-state index contributed by atoms with van der Waals surface area (Å²) >= 11 is 0. The second-order valence-corrected chi connectivity index (χ2v) is 8.73. The Hall–Kier alpha value is -1.70. The molecule has 0 saturated heterocycles. The van der Waals surface area contributed by atoms with Crippen LogP contribution in [0.5, 0.6) is 5.75 Å². The Labute approximate surface area is 159 Å². The van der Waals surface area contributed by atoms with Crippen LogP contribution in [0.1, 0.15) is 42.5 Å². The number of ether oxygens (including phenoxy) is 2. The Morgan fingerprint density at radius 1 is 1.12 bits per heavy atom. The van der Waals surface area contributed by atoms with Crippen LogP contribution >= 0.6 is 8.58 Å². The first-order chi connectivity index (χ1) is 12.4. The molecule has 0 radical (unpaired) electrons. The summed E-state index contributed by atoms with van der Waals surface area (Å²) in [5.74, 6) is 0.909. The molecule has 0 aliphatic rings. The van der Waals surface area contributed by atoms with Crippen molar-refractivity contribution >= 4 is 20.1 Å². The summed E-state index contributed by atoms with van der Waals surface area (Å²) in [6.07, 6.45) is 2.98. The minimum absolute atomic E-state index is 0.0132. The van der Waals surface area contributed by atoms with Gasteiger partial charge in [-0.05, 0) is 43.3 Å². The number of hydrogen-bond donors (Lipinski definition) is 0. The molecule has 140 valence electrons. The molecular formula is C22H30NO2P. The van der Waals surface area contributed by atoms with Crippen LogP contribution in [0.25, 0.3) is 0 Å². The number of hydrogen-bond acceptors (Lipinski definition) is 3. The minimum Gasteiger partial charge on any atom is -0.467 e. The predicted molar refractivity (Wildman–Crippen MR) is 114 cm³/mol. The second kappa shape index (κ2) is 9.30. The molecule has 2 unspecified atom stereocenters. The van der Waals surface area contributed by atoms with Gasteiger partial charge in [-0.15, -0.1) is 0 Å². The van der Waals surface area contributed by atoms with E-state index in [9.17, 15) is 0 Å². The highest BCUT2D eigenvalue weighted by Gasteiger charge is 2.29. The zero-order chi connectivity index (χ0) is 19.2. The summed E-state index contributed by atoms with van der Waals surface area (Å²) in [5.41, 5.74) is 4.95. The fourth-order valence-corrected chi connectivity index (χ4v) is 4.56. The van der Waals surface area contributed by atoms with Gasteiger partial charge in [0.2, 0.25) is 0 Å². The van der Waals surface area contributed by atoms with E-state index in [1.807, 2.05) is 13.3 Å². The molecular weight excluding hydrogens is 341 g/mol. The maximum absolute atomic E-state index is 5.88. The van der Waals surface area contributed by atoms with Gasteiger partial charge < -0.3 is 9.47 Å². The topological polar surface area (TPSA) is 30.8 Å². The smallest absolute Gasteiger partial charge is 0.188 e. The van der Waals surface area contributed by atoms with E-state index in [2.05, 4.69) is 69.1 Å². The molecule has 0 N–H and O–H groups in total. The van der Waals surface area contributed by atoms with Gasteiger partial charge >= 0.3 is 0 Å². The molecule has 0 amide bonds. The van der Waals surface area contributed by atoms with Crippen molar-refractivity contribution in [2.24, 2.45) is 4.99 Å². The van der Waals surface area contributed by atoms with Gasteiger partial charge in [0.15, 0.2) is 6.79 Å². The number of benzene rings is 2. The third kappa shape index (κ3) is 4.93. The molecule has 2 aromatic carbocycles. The van der Waals surface area contributed by atoms with E-state index in [0.29, 0.717) is 8.58 Å². The van der Waals surface area contributed by atoms with Crippen molar-refractivity contribution in [2.75, 3.05) is 21.0 Å². The van der Waals surface area contributed by atoms with E-state index in [1.54, 1.807) is 7.11 Å². The molecule has 0 fully saturated rings. The van der Waals surface area contributed by atoms with Crippen molar-refractivity contribution in [3.63, 3.8) is 0 Å². The van der Waals surface area contributed by atoms with E-state index in [1.165, 1.54) is 27.6 Å². The molecule has 0 heterocycles. The van der Waals surface area contributed by atoms with Crippen molar-refractivity contribution in [1.29, 1.82) is 0 Å². The third-order valence-corrected chi connectivity index (χ3v) is 6.55. The highest BCUT2D eigenvalue weighted by molar-refractivity contribution is 7.48. The molecule has 0 bridgehead atoms. The highest BCUT2D eigenvalue weighted by atomic mass is 31.1. The van der Waals surface area contributed by atoms with Crippen LogP contribution in [0.3, 0.4) is 0 Å². The summed E-state index contributed by atoms with van der Waals surface area (Å²) in [4.78, 5) is 4.25. The molecule has 4 heteroatoms. The van der Waals surface area contributed by atoms with E-state index in [-0.39, 0.29) is 11.9 Å². The van der Waals surface area contributed by atoms with E-state index < -0.39 is 0 Å². The van der Waals surface area contributed by atoms with Crippen molar-refractivity contribution < 1.29 is 9.47 Å².